The Balaban J connectivity index is 1.95. The van der Waals surface area contributed by atoms with E-state index in [0.717, 1.165) is 0 Å². The van der Waals surface area contributed by atoms with E-state index in [9.17, 15) is 19.1 Å². The predicted octanol–water partition coefficient (Wildman–Crippen LogP) is 5.56. The fraction of sp³-hybridized carbons (Fsp3) is 0.214. The van der Waals surface area contributed by atoms with E-state index in [-0.39, 0.29) is 23.0 Å². The van der Waals surface area contributed by atoms with Crippen LogP contribution in [0.25, 0.3) is 5.76 Å². The number of hydrogen-bond donors (Lipinski definition) is 1. The molecule has 3 aromatic carbocycles. The number of anilines is 1. The third-order valence-electron chi connectivity index (χ3n) is 5.75. The van der Waals surface area contributed by atoms with Crippen molar-refractivity contribution in [3.05, 3.63) is 94.8 Å². The molecular weight excluding hydrogens is 449 g/mol. The molecule has 180 valence electrons. The van der Waals surface area contributed by atoms with Crippen LogP contribution in [-0.2, 0) is 9.59 Å². The van der Waals surface area contributed by atoms with Crippen LogP contribution in [0.15, 0.2) is 72.3 Å². The first-order valence-electron chi connectivity index (χ1n) is 11.2. The van der Waals surface area contributed by atoms with Crippen molar-refractivity contribution in [2.24, 2.45) is 0 Å². The van der Waals surface area contributed by atoms with Crippen molar-refractivity contribution in [2.75, 3.05) is 12.0 Å². The first-order valence-corrected chi connectivity index (χ1v) is 11.2. The molecule has 0 radical (unpaired) electrons. The van der Waals surface area contributed by atoms with Crippen LogP contribution < -0.4 is 14.4 Å². The Bertz CT molecular complexity index is 1330. The lowest BCUT2D eigenvalue weighted by atomic mass is 9.94. The van der Waals surface area contributed by atoms with Crippen LogP contribution in [0, 0.1) is 12.7 Å². The van der Waals surface area contributed by atoms with Crippen molar-refractivity contribution >= 4 is 23.1 Å². The molecule has 4 rings (SSSR count). The van der Waals surface area contributed by atoms with Crippen LogP contribution >= 0.6 is 0 Å². The maximum Gasteiger partial charge on any atom is 0.300 e. The summed E-state index contributed by atoms with van der Waals surface area (Å²) in [4.78, 5) is 28.0. The lowest BCUT2D eigenvalue weighted by molar-refractivity contribution is -0.132. The summed E-state index contributed by atoms with van der Waals surface area (Å²) in [7, 11) is 1.51. The van der Waals surface area contributed by atoms with Crippen molar-refractivity contribution in [2.45, 2.75) is 32.9 Å². The standard InChI is InChI=1S/C28H26FNO5/c1-16(2)35-22-10-5-7-18(14-22)25-24(26(31)19-11-12-23(29)17(3)13-19)27(32)28(33)30(25)20-8-6-9-21(15-20)34-4/h5-16,25,31H,1-4H3/b26-24+. The molecule has 1 N–H and O–H groups in total. The summed E-state index contributed by atoms with van der Waals surface area (Å²) >= 11 is 0. The minimum atomic E-state index is -0.942. The number of carbonyl (C=O) groups excluding carboxylic acids is 2. The van der Waals surface area contributed by atoms with Gasteiger partial charge < -0.3 is 14.6 Å². The molecule has 6 nitrogen and oxygen atoms in total. The molecule has 1 aliphatic heterocycles. The van der Waals surface area contributed by atoms with Crippen molar-refractivity contribution in [1.29, 1.82) is 0 Å². The molecule has 1 saturated heterocycles. The first kappa shape index (κ1) is 24.0. The summed E-state index contributed by atoms with van der Waals surface area (Å²) in [5, 5.41) is 11.2. The fourth-order valence-corrected chi connectivity index (χ4v) is 4.15. The average Bonchev–Trinajstić information content (AvgIpc) is 3.10. The molecule has 35 heavy (non-hydrogen) atoms. The van der Waals surface area contributed by atoms with Crippen LogP contribution in [0.5, 0.6) is 11.5 Å². The lowest BCUT2D eigenvalue weighted by Gasteiger charge is -2.26. The highest BCUT2D eigenvalue weighted by atomic mass is 19.1. The smallest absolute Gasteiger partial charge is 0.300 e. The number of Topliss-reactive ketones (excluding diaryl/α,β-unsaturated/α-hetero) is 1. The number of benzene rings is 3. The number of aryl methyl sites for hydroxylation is 1. The van der Waals surface area contributed by atoms with E-state index in [1.165, 1.54) is 30.2 Å². The highest BCUT2D eigenvalue weighted by Gasteiger charge is 2.47. The van der Waals surface area contributed by atoms with E-state index in [1.807, 2.05) is 13.8 Å². The number of nitrogens with zero attached hydrogens (tertiary/aromatic N) is 1. The number of rotatable bonds is 6. The topological polar surface area (TPSA) is 76.1 Å². The number of methoxy groups -OCH3 is 1. The molecule has 0 aliphatic carbocycles. The molecule has 1 unspecified atom stereocenters. The van der Waals surface area contributed by atoms with E-state index in [1.54, 1.807) is 55.5 Å². The van der Waals surface area contributed by atoms with Crippen LogP contribution in [0.3, 0.4) is 0 Å². The van der Waals surface area contributed by atoms with Gasteiger partial charge in [-0.15, -0.1) is 0 Å². The molecule has 0 bridgehead atoms. The zero-order chi connectivity index (χ0) is 25.3. The summed E-state index contributed by atoms with van der Waals surface area (Å²) in [5.74, 6) is -1.38. The number of carbonyl (C=O) groups is 2. The Labute approximate surface area is 203 Å². The lowest BCUT2D eigenvalue weighted by Crippen LogP contribution is -2.29. The van der Waals surface area contributed by atoms with Crippen molar-refractivity contribution in [1.82, 2.24) is 0 Å². The Morgan fingerprint density at radius 2 is 1.71 bits per heavy atom. The Kier molecular flexibility index (Phi) is 6.60. The van der Waals surface area contributed by atoms with Gasteiger partial charge in [0, 0.05) is 17.3 Å². The van der Waals surface area contributed by atoms with Gasteiger partial charge in [-0.1, -0.05) is 18.2 Å². The minimum absolute atomic E-state index is 0.0859. The molecule has 1 amide bonds. The summed E-state index contributed by atoms with van der Waals surface area (Å²) in [6, 6.07) is 16.9. The second-order valence-electron chi connectivity index (χ2n) is 8.57. The van der Waals surface area contributed by atoms with Gasteiger partial charge in [-0.2, -0.15) is 0 Å². The van der Waals surface area contributed by atoms with Gasteiger partial charge in [-0.25, -0.2) is 4.39 Å². The molecular formula is C28H26FNO5. The summed E-state index contributed by atoms with van der Waals surface area (Å²) in [5.41, 5.74) is 1.46. The van der Waals surface area contributed by atoms with Gasteiger partial charge in [-0.05, 0) is 74.4 Å². The third-order valence-corrected chi connectivity index (χ3v) is 5.75. The van der Waals surface area contributed by atoms with Crippen molar-refractivity contribution in [3.8, 4) is 11.5 Å². The van der Waals surface area contributed by atoms with Gasteiger partial charge in [0.1, 0.15) is 23.1 Å². The molecule has 0 aromatic heterocycles. The monoisotopic (exact) mass is 475 g/mol. The third kappa shape index (κ3) is 4.62. The van der Waals surface area contributed by atoms with Crippen molar-refractivity contribution in [3.63, 3.8) is 0 Å². The maximum absolute atomic E-state index is 13.9. The second kappa shape index (κ2) is 9.62. The van der Waals surface area contributed by atoms with Gasteiger partial charge in [0.25, 0.3) is 11.7 Å². The highest BCUT2D eigenvalue weighted by Crippen LogP contribution is 2.43. The molecule has 0 saturated carbocycles. The molecule has 1 aliphatic rings. The van der Waals surface area contributed by atoms with Gasteiger partial charge >= 0.3 is 0 Å². The van der Waals surface area contributed by atoms with E-state index < -0.39 is 23.5 Å². The largest absolute Gasteiger partial charge is 0.507 e. The number of amides is 1. The number of ether oxygens (including phenoxy) is 2. The van der Waals surface area contributed by atoms with Crippen LogP contribution in [0.2, 0.25) is 0 Å². The zero-order valence-corrected chi connectivity index (χ0v) is 19.9. The van der Waals surface area contributed by atoms with Crippen LogP contribution in [0.4, 0.5) is 10.1 Å². The van der Waals surface area contributed by atoms with E-state index in [4.69, 9.17) is 9.47 Å². The van der Waals surface area contributed by atoms with Gasteiger partial charge in [0.05, 0.1) is 24.8 Å². The molecule has 1 heterocycles. The highest BCUT2D eigenvalue weighted by molar-refractivity contribution is 6.51. The van der Waals surface area contributed by atoms with Gasteiger partial charge in [-0.3, -0.25) is 14.5 Å². The molecule has 0 spiro atoms. The van der Waals surface area contributed by atoms with Crippen molar-refractivity contribution < 1.29 is 28.6 Å². The molecule has 3 aromatic rings. The number of halogens is 1. The normalized spacial score (nSPS) is 17.2. The van der Waals surface area contributed by atoms with Gasteiger partial charge in [0.2, 0.25) is 0 Å². The minimum Gasteiger partial charge on any atom is -0.507 e. The number of aliphatic hydroxyl groups is 1. The first-order chi connectivity index (χ1) is 16.7. The second-order valence-corrected chi connectivity index (χ2v) is 8.57. The van der Waals surface area contributed by atoms with E-state index >= 15 is 0 Å². The number of ketones is 1. The molecule has 1 fully saturated rings. The predicted molar refractivity (Wildman–Crippen MR) is 131 cm³/mol. The molecule has 1 atom stereocenters. The fourth-order valence-electron chi connectivity index (χ4n) is 4.15. The Morgan fingerprint density at radius 3 is 2.40 bits per heavy atom. The maximum atomic E-state index is 13.9. The Morgan fingerprint density at radius 1 is 1.00 bits per heavy atom. The zero-order valence-electron chi connectivity index (χ0n) is 19.9. The van der Waals surface area contributed by atoms with E-state index in [0.29, 0.717) is 28.3 Å². The number of aliphatic hydroxyl groups excluding tert-OH is 1. The summed E-state index contributed by atoms with van der Waals surface area (Å²) < 4.78 is 25.0. The Hall–Kier alpha value is -4.13. The summed E-state index contributed by atoms with van der Waals surface area (Å²) in [6.07, 6.45) is -0.0859. The van der Waals surface area contributed by atoms with E-state index in [2.05, 4.69) is 0 Å². The van der Waals surface area contributed by atoms with Crippen LogP contribution in [0.1, 0.15) is 36.6 Å². The van der Waals surface area contributed by atoms with Crippen LogP contribution in [-0.4, -0.2) is 30.0 Å². The summed E-state index contributed by atoms with van der Waals surface area (Å²) in [6.45, 7) is 5.35. The average molecular weight is 476 g/mol. The number of hydrogen-bond acceptors (Lipinski definition) is 5. The SMILES string of the molecule is COc1cccc(N2C(=O)C(=O)/C(=C(/O)c3ccc(F)c(C)c3)C2c2cccc(OC(C)C)c2)c1. The quantitative estimate of drug-likeness (QED) is 0.287. The van der Waals surface area contributed by atoms with Gasteiger partial charge in [0.15, 0.2) is 0 Å². The molecule has 7 heteroatoms.